The van der Waals surface area contributed by atoms with Gasteiger partial charge in [0, 0.05) is 20.1 Å². The van der Waals surface area contributed by atoms with Crippen molar-refractivity contribution in [2.45, 2.75) is 78.9 Å². The molecule has 8 nitrogen and oxygen atoms in total. The van der Waals surface area contributed by atoms with Crippen molar-refractivity contribution in [3.8, 4) is 6.07 Å². The number of nitrogens with zero attached hydrogens (tertiary/aromatic N) is 4. The van der Waals surface area contributed by atoms with Gasteiger partial charge in [-0.3, -0.25) is 9.59 Å². The smallest absolute Gasteiger partial charge is 0.272 e. The molecule has 0 aliphatic carbocycles. The van der Waals surface area contributed by atoms with Gasteiger partial charge < -0.3 is 20.1 Å². The summed E-state index contributed by atoms with van der Waals surface area (Å²) in [5, 5.41) is 15.1. The summed E-state index contributed by atoms with van der Waals surface area (Å²) < 4.78 is 2.08. The number of likely N-dealkylation sites (N-methyl/N-ethyl adjacent to an activating group) is 1. The topological polar surface area (TPSA) is 103 Å². The molecule has 0 bridgehead atoms. The lowest BCUT2D eigenvalue weighted by Gasteiger charge is -2.29. The maximum absolute atomic E-state index is 13.3. The van der Waals surface area contributed by atoms with E-state index in [0.717, 1.165) is 50.9 Å². The van der Waals surface area contributed by atoms with Crippen LogP contribution >= 0.6 is 0 Å². The molecule has 1 aromatic rings. The zero-order valence-electron chi connectivity index (χ0n) is 21.1. The zero-order valence-corrected chi connectivity index (χ0v) is 21.1. The highest BCUT2D eigenvalue weighted by atomic mass is 16.2. The van der Waals surface area contributed by atoms with Crippen molar-refractivity contribution in [3.63, 3.8) is 0 Å². The van der Waals surface area contributed by atoms with Crippen LogP contribution in [0, 0.1) is 22.7 Å². The minimum absolute atomic E-state index is 0.172. The molecule has 0 fully saturated rings. The third kappa shape index (κ3) is 7.16. The predicted molar refractivity (Wildman–Crippen MR) is 130 cm³/mol. The van der Waals surface area contributed by atoms with E-state index in [0.29, 0.717) is 18.1 Å². The van der Waals surface area contributed by atoms with Gasteiger partial charge in [0.1, 0.15) is 11.9 Å². The van der Waals surface area contributed by atoms with E-state index >= 15 is 0 Å². The molecular weight excluding hydrogens is 416 g/mol. The summed E-state index contributed by atoms with van der Waals surface area (Å²) in [7, 11) is 3.60. The minimum Gasteiger partial charge on any atom is -0.357 e. The molecule has 0 aromatic carbocycles. The second kappa shape index (κ2) is 12.0. The molecule has 182 valence electrons. The molecule has 8 heteroatoms. The first-order valence-corrected chi connectivity index (χ1v) is 12.0. The summed E-state index contributed by atoms with van der Waals surface area (Å²) in [6.45, 7) is 10.2. The van der Waals surface area contributed by atoms with Crippen molar-refractivity contribution in [2.75, 3.05) is 20.6 Å². The number of rotatable bonds is 9. The Kier molecular flexibility index (Phi) is 9.66. The van der Waals surface area contributed by atoms with Crippen LogP contribution in [0.5, 0.6) is 0 Å². The molecule has 2 unspecified atom stereocenters. The van der Waals surface area contributed by atoms with Crippen LogP contribution in [0.3, 0.4) is 0 Å². The maximum atomic E-state index is 13.3. The largest absolute Gasteiger partial charge is 0.357 e. The number of hydrogen-bond donors (Lipinski definition) is 2. The fourth-order valence-electron chi connectivity index (χ4n) is 4.10. The normalized spacial score (nSPS) is 16.5. The first kappa shape index (κ1) is 26.6. The molecule has 0 spiro atoms. The highest BCUT2D eigenvalue weighted by molar-refractivity contribution is 5.97. The number of allylic oxidation sites excluding steroid dienone is 1. The number of imidazole rings is 1. The highest BCUT2D eigenvalue weighted by Crippen LogP contribution is 2.23. The Hall–Kier alpha value is -2.66. The minimum atomic E-state index is -0.684. The fourth-order valence-corrected chi connectivity index (χ4v) is 4.10. The average molecular weight is 457 g/mol. The van der Waals surface area contributed by atoms with E-state index in [4.69, 9.17) is 0 Å². The van der Waals surface area contributed by atoms with Crippen LogP contribution in [-0.4, -0.2) is 52.9 Å². The summed E-state index contributed by atoms with van der Waals surface area (Å²) in [5.41, 5.74) is 0.738. The Labute approximate surface area is 198 Å². The van der Waals surface area contributed by atoms with Crippen molar-refractivity contribution in [2.24, 2.45) is 11.3 Å². The lowest BCUT2D eigenvalue weighted by atomic mass is 9.86. The summed E-state index contributed by atoms with van der Waals surface area (Å²) in [6.07, 6.45) is 8.81. The Morgan fingerprint density at radius 3 is 2.61 bits per heavy atom. The third-order valence-electron chi connectivity index (χ3n) is 6.07. The first-order chi connectivity index (χ1) is 15.6. The average Bonchev–Trinajstić information content (AvgIpc) is 2.97. The zero-order chi connectivity index (χ0) is 24.6. The second-order valence-corrected chi connectivity index (χ2v) is 9.99. The fraction of sp³-hybridized carbons (Fsp3) is 0.680. The Morgan fingerprint density at radius 2 is 2.00 bits per heavy atom. The van der Waals surface area contributed by atoms with Gasteiger partial charge in [-0.15, -0.1) is 0 Å². The van der Waals surface area contributed by atoms with Gasteiger partial charge in [0.2, 0.25) is 5.91 Å². The number of hydrogen-bond acceptors (Lipinski definition) is 5. The molecule has 0 saturated carbocycles. The van der Waals surface area contributed by atoms with Gasteiger partial charge in [-0.25, -0.2) is 4.98 Å². The van der Waals surface area contributed by atoms with Gasteiger partial charge >= 0.3 is 0 Å². The van der Waals surface area contributed by atoms with Crippen LogP contribution in [0.25, 0.3) is 6.08 Å². The molecule has 0 radical (unpaired) electrons. The molecule has 2 N–H and O–H groups in total. The van der Waals surface area contributed by atoms with Crippen molar-refractivity contribution in [1.29, 1.82) is 5.26 Å². The van der Waals surface area contributed by atoms with Crippen LogP contribution in [0.2, 0.25) is 0 Å². The van der Waals surface area contributed by atoms with Gasteiger partial charge in [-0.1, -0.05) is 53.0 Å². The number of unbranched alkanes of at least 4 members (excludes halogenated alkanes) is 2. The van der Waals surface area contributed by atoms with Gasteiger partial charge in [-0.05, 0) is 37.9 Å². The van der Waals surface area contributed by atoms with Crippen LogP contribution in [0.4, 0.5) is 0 Å². The van der Waals surface area contributed by atoms with Crippen LogP contribution in [-0.2, 0) is 17.9 Å². The van der Waals surface area contributed by atoms with Crippen LogP contribution in [0.15, 0.2) is 6.08 Å². The predicted octanol–water partition coefficient (Wildman–Crippen LogP) is 3.34. The van der Waals surface area contributed by atoms with E-state index in [1.165, 1.54) is 0 Å². The summed E-state index contributed by atoms with van der Waals surface area (Å²) in [6, 6.07) is 1.68. The maximum Gasteiger partial charge on any atom is 0.272 e. The van der Waals surface area contributed by atoms with Crippen molar-refractivity contribution in [3.05, 3.63) is 23.3 Å². The number of nitriles is 1. The molecule has 0 saturated heterocycles. The summed E-state index contributed by atoms with van der Waals surface area (Å²) in [4.78, 5) is 32.6. The lowest BCUT2D eigenvalue weighted by molar-refractivity contribution is -0.124. The number of carbonyl (C=O) groups excluding carboxylic acids is 2. The summed E-state index contributed by atoms with van der Waals surface area (Å²) >= 11 is 0. The van der Waals surface area contributed by atoms with Gasteiger partial charge in [-0.2, -0.15) is 5.26 Å². The first-order valence-electron chi connectivity index (χ1n) is 12.0. The molecule has 2 heterocycles. The highest BCUT2D eigenvalue weighted by Gasteiger charge is 2.34. The standard InChI is InChI=1S/C25H40N6O2/c1-7-8-9-11-18(16-26)12-13-20-28-21(19-17-30(6)14-10-15-31(19)20)23(32)29-22(24(33)27-5)25(2,3)4/h12-13,18,22H,7-11,14-15,17H2,1-6H3,(H,27,33)(H,29,32)/b13-12+. The van der Waals surface area contributed by atoms with E-state index in [1.807, 2.05) is 40.0 Å². The molecule has 33 heavy (non-hydrogen) atoms. The second-order valence-electron chi connectivity index (χ2n) is 9.99. The Balaban J connectivity index is 2.38. The molecule has 2 atom stereocenters. The quantitative estimate of drug-likeness (QED) is 0.555. The number of fused-ring (bicyclic) bond motifs is 1. The van der Waals surface area contributed by atoms with Gasteiger partial charge in [0.25, 0.3) is 5.91 Å². The van der Waals surface area contributed by atoms with E-state index in [9.17, 15) is 14.9 Å². The van der Waals surface area contributed by atoms with E-state index in [1.54, 1.807) is 7.05 Å². The number of amides is 2. The van der Waals surface area contributed by atoms with E-state index in [-0.39, 0.29) is 17.7 Å². The van der Waals surface area contributed by atoms with Crippen LogP contribution < -0.4 is 10.6 Å². The third-order valence-corrected chi connectivity index (χ3v) is 6.07. The lowest BCUT2D eigenvalue weighted by Crippen LogP contribution is -2.53. The number of nitrogens with one attached hydrogen (secondary N) is 2. The Bertz CT molecular complexity index is 890. The molecule has 2 rings (SSSR count). The van der Waals surface area contributed by atoms with Crippen LogP contribution in [0.1, 0.15) is 81.8 Å². The van der Waals surface area contributed by atoms with Crippen molar-refractivity contribution >= 4 is 17.9 Å². The van der Waals surface area contributed by atoms with Gasteiger partial charge in [0.15, 0.2) is 5.69 Å². The van der Waals surface area contributed by atoms with E-state index < -0.39 is 11.5 Å². The monoisotopic (exact) mass is 456 g/mol. The molecular formula is C25H40N6O2. The molecule has 1 aliphatic heterocycles. The van der Waals surface area contributed by atoms with Gasteiger partial charge in [0.05, 0.1) is 17.7 Å². The van der Waals surface area contributed by atoms with E-state index in [2.05, 4.69) is 38.1 Å². The number of carbonyl (C=O) groups is 2. The van der Waals surface area contributed by atoms with Crippen molar-refractivity contribution < 1.29 is 9.59 Å². The van der Waals surface area contributed by atoms with Crippen molar-refractivity contribution in [1.82, 2.24) is 25.1 Å². The summed E-state index contributed by atoms with van der Waals surface area (Å²) in [5.74, 6) is -0.0680. The SMILES string of the molecule is CCCCCC(C#N)/C=C/c1nc(C(=O)NC(C(=O)NC)C(C)(C)C)c2n1CCCN(C)C2. The molecule has 2 amide bonds. The molecule has 1 aliphatic rings. The number of aromatic nitrogens is 2. The Morgan fingerprint density at radius 1 is 1.27 bits per heavy atom. The molecule has 1 aromatic heterocycles.